The van der Waals surface area contributed by atoms with E-state index in [9.17, 15) is 0 Å². The van der Waals surface area contributed by atoms with E-state index in [2.05, 4.69) is 34.8 Å². The monoisotopic (exact) mass is 270 g/mol. The molecule has 4 heteroatoms. The molecule has 106 valence electrons. The van der Waals surface area contributed by atoms with E-state index in [0.717, 1.165) is 36.6 Å². The maximum atomic E-state index is 5.99. The molecular formula is C16H22N4. The van der Waals surface area contributed by atoms with Crippen molar-refractivity contribution in [2.45, 2.75) is 32.9 Å². The number of hydrogen-bond donors (Lipinski definition) is 1. The second-order valence-corrected chi connectivity index (χ2v) is 4.79. The van der Waals surface area contributed by atoms with Gasteiger partial charge in [-0.3, -0.25) is 9.97 Å². The highest BCUT2D eigenvalue weighted by Gasteiger charge is 2.09. The fourth-order valence-electron chi connectivity index (χ4n) is 2.09. The Morgan fingerprint density at radius 1 is 1.15 bits per heavy atom. The molecule has 0 aliphatic carbocycles. The van der Waals surface area contributed by atoms with Crippen molar-refractivity contribution in [3.05, 3.63) is 54.1 Å². The Morgan fingerprint density at radius 2 is 2.00 bits per heavy atom. The number of pyridine rings is 2. The number of rotatable bonds is 6. The van der Waals surface area contributed by atoms with E-state index in [1.165, 1.54) is 0 Å². The number of aromatic nitrogens is 2. The van der Waals surface area contributed by atoms with Crippen molar-refractivity contribution in [3.63, 3.8) is 0 Å². The van der Waals surface area contributed by atoms with Gasteiger partial charge in [-0.2, -0.15) is 0 Å². The highest BCUT2D eigenvalue weighted by Crippen LogP contribution is 2.18. The summed E-state index contributed by atoms with van der Waals surface area (Å²) in [7, 11) is 0. The molecule has 0 fully saturated rings. The zero-order valence-corrected chi connectivity index (χ0v) is 12.2. The maximum Gasteiger partial charge on any atom is 0.0602 e. The highest BCUT2D eigenvalue weighted by molar-refractivity contribution is 5.45. The van der Waals surface area contributed by atoms with Crippen LogP contribution in [0, 0.1) is 0 Å². The molecule has 2 N–H and O–H groups in total. The molecule has 0 radical (unpaired) electrons. The number of anilines is 1. The largest absolute Gasteiger partial charge is 0.365 e. The third kappa shape index (κ3) is 3.54. The van der Waals surface area contributed by atoms with Gasteiger partial charge in [-0.25, -0.2) is 0 Å². The normalized spacial score (nSPS) is 12.2. The molecule has 0 aliphatic heterocycles. The lowest BCUT2D eigenvalue weighted by Crippen LogP contribution is -2.23. The fraction of sp³-hybridized carbons (Fsp3) is 0.375. The first-order valence-corrected chi connectivity index (χ1v) is 7.11. The molecule has 0 aliphatic rings. The fourth-order valence-corrected chi connectivity index (χ4v) is 2.09. The molecule has 2 heterocycles. The third-order valence-corrected chi connectivity index (χ3v) is 3.42. The van der Waals surface area contributed by atoms with Crippen molar-refractivity contribution in [3.8, 4) is 0 Å². The summed E-state index contributed by atoms with van der Waals surface area (Å²) in [5, 5.41) is 0. The first-order valence-electron chi connectivity index (χ1n) is 7.11. The lowest BCUT2D eigenvalue weighted by molar-refractivity contribution is 0.674. The molecule has 0 amide bonds. The third-order valence-electron chi connectivity index (χ3n) is 3.42. The van der Waals surface area contributed by atoms with Crippen LogP contribution < -0.4 is 10.6 Å². The highest BCUT2D eigenvalue weighted by atomic mass is 15.1. The Kier molecular flexibility index (Phi) is 5.07. The van der Waals surface area contributed by atoms with Gasteiger partial charge in [0.15, 0.2) is 0 Å². The van der Waals surface area contributed by atoms with E-state index in [-0.39, 0.29) is 6.04 Å². The number of hydrogen-bond acceptors (Lipinski definition) is 4. The molecule has 20 heavy (non-hydrogen) atoms. The average molecular weight is 270 g/mol. The van der Waals surface area contributed by atoms with Crippen LogP contribution in [0.15, 0.2) is 42.7 Å². The molecule has 0 aromatic carbocycles. The summed E-state index contributed by atoms with van der Waals surface area (Å²) in [4.78, 5) is 11.1. The summed E-state index contributed by atoms with van der Waals surface area (Å²) in [5.41, 5.74) is 9.10. The maximum absolute atomic E-state index is 5.99. The standard InChI is InChI=1S/C16H22N4/c1-3-15(17)16-9-8-14(11-19-16)20(4-2)12-13-7-5-6-10-18-13/h5-11,15H,3-4,12,17H2,1-2H3/t15-/m1/s1. The van der Waals surface area contributed by atoms with Gasteiger partial charge < -0.3 is 10.6 Å². The van der Waals surface area contributed by atoms with Crippen LogP contribution in [0.1, 0.15) is 37.7 Å². The van der Waals surface area contributed by atoms with Crippen LogP contribution in [0.25, 0.3) is 0 Å². The average Bonchev–Trinajstić information content (AvgIpc) is 2.53. The first-order chi connectivity index (χ1) is 9.74. The Morgan fingerprint density at radius 3 is 2.55 bits per heavy atom. The van der Waals surface area contributed by atoms with Gasteiger partial charge >= 0.3 is 0 Å². The molecule has 2 rings (SSSR count). The minimum absolute atomic E-state index is 0.0231. The van der Waals surface area contributed by atoms with E-state index < -0.39 is 0 Å². The van der Waals surface area contributed by atoms with E-state index >= 15 is 0 Å². The smallest absolute Gasteiger partial charge is 0.0602 e. The SMILES string of the molecule is CC[C@@H](N)c1ccc(N(CC)Cc2ccccn2)cn1. The minimum atomic E-state index is 0.0231. The van der Waals surface area contributed by atoms with Crippen LogP contribution in [0.3, 0.4) is 0 Å². The molecule has 0 unspecified atom stereocenters. The van der Waals surface area contributed by atoms with Crippen LogP contribution in [0.4, 0.5) is 5.69 Å². The van der Waals surface area contributed by atoms with Crippen molar-refractivity contribution in [2.75, 3.05) is 11.4 Å². The first kappa shape index (κ1) is 14.5. The second-order valence-electron chi connectivity index (χ2n) is 4.79. The summed E-state index contributed by atoms with van der Waals surface area (Å²) in [5.74, 6) is 0. The van der Waals surface area contributed by atoms with Gasteiger partial charge in [0, 0.05) is 18.8 Å². The van der Waals surface area contributed by atoms with Crippen molar-refractivity contribution < 1.29 is 0 Å². The van der Waals surface area contributed by atoms with Crippen molar-refractivity contribution in [2.24, 2.45) is 5.73 Å². The quantitative estimate of drug-likeness (QED) is 0.877. The van der Waals surface area contributed by atoms with Gasteiger partial charge in [-0.1, -0.05) is 13.0 Å². The summed E-state index contributed by atoms with van der Waals surface area (Å²) in [6, 6.07) is 10.1. The van der Waals surface area contributed by atoms with Crippen LogP contribution in [-0.4, -0.2) is 16.5 Å². The molecule has 2 aromatic heterocycles. The molecular weight excluding hydrogens is 248 g/mol. The zero-order chi connectivity index (χ0) is 14.4. The van der Waals surface area contributed by atoms with Gasteiger partial charge in [0.05, 0.1) is 29.8 Å². The number of nitrogens with two attached hydrogens (primary N) is 1. The van der Waals surface area contributed by atoms with Crippen LogP contribution >= 0.6 is 0 Å². The molecule has 0 saturated carbocycles. The predicted octanol–water partition coefficient (Wildman–Crippen LogP) is 2.91. The van der Waals surface area contributed by atoms with E-state index in [4.69, 9.17) is 5.73 Å². The van der Waals surface area contributed by atoms with Gasteiger partial charge in [-0.05, 0) is 37.6 Å². The molecule has 2 aromatic rings. The molecule has 4 nitrogen and oxygen atoms in total. The molecule has 0 bridgehead atoms. The van der Waals surface area contributed by atoms with E-state index in [1.54, 1.807) is 0 Å². The summed E-state index contributed by atoms with van der Waals surface area (Å²) in [6.45, 7) is 5.91. The van der Waals surface area contributed by atoms with Crippen molar-refractivity contribution in [1.29, 1.82) is 0 Å². The topological polar surface area (TPSA) is 55.0 Å². The lowest BCUT2D eigenvalue weighted by Gasteiger charge is -2.22. The van der Waals surface area contributed by atoms with Crippen molar-refractivity contribution >= 4 is 5.69 Å². The second kappa shape index (κ2) is 7.01. The summed E-state index contributed by atoms with van der Waals surface area (Å²) >= 11 is 0. The van der Waals surface area contributed by atoms with Gasteiger partial charge in [0.2, 0.25) is 0 Å². The van der Waals surface area contributed by atoms with Crippen LogP contribution in [-0.2, 0) is 6.54 Å². The Bertz CT molecular complexity index is 510. The predicted molar refractivity (Wildman–Crippen MR) is 82.4 cm³/mol. The number of nitrogens with zero attached hydrogens (tertiary/aromatic N) is 3. The molecule has 1 atom stereocenters. The van der Waals surface area contributed by atoms with Gasteiger partial charge in [-0.15, -0.1) is 0 Å². The van der Waals surface area contributed by atoms with Gasteiger partial charge in [0.25, 0.3) is 0 Å². The van der Waals surface area contributed by atoms with Gasteiger partial charge in [0.1, 0.15) is 0 Å². The summed E-state index contributed by atoms with van der Waals surface area (Å²) < 4.78 is 0. The van der Waals surface area contributed by atoms with E-state index in [0.29, 0.717) is 0 Å². The minimum Gasteiger partial charge on any atom is -0.365 e. The molecule has 0 saturated heterocycles. The summed E-state index contributed by atoms with van der Waals surface area (Å²) in [6.07, 6.45) is 4.62. The Hall–Kier alpha value is -1.94. The van der Waals surface area contributed by atoms with Crippen LogP contribution in [0.2, 0.25) is 0 Å². The van der Waals surface area contributed by atoms with E-state index in [1.807, 2.05) is 36.7 Å². The van der Waals surface area contributed by atoms with Crippen LogP contribution in [0.5, 0.6) is 0 Å². The molecule has 0 spiro atoms. The zero-order valence-electron chi connectivity index (χ0n) is 12.2. The Labute approximate surface area is 120 Å². The lowest BCUT2D eigenvalue weighted by atomic mass is 10.1. The van der Waals surface area contributed by atoms with Crippen molar-refractivity contribution in [1.82, 2.24) is 9.97 Å². The Balaban J connectivity index is 2.11.